The van der Waals surface area contributed by atoms with Crippen molar-refractivity contribution in [1.82, 2.24) is 10.6 Å². The van der Waals surface area contributed by atoms with Crippen LogP contribution in [0.4, 0.5) is 0 Å². The number of ether oxygens (including phenoxy) is 2. The highest BCUT2D eigenvalue weighted by Crippen LogP contribution is 2.30. The molecule has 114 valence electrons. The van der Waals surface area contributed by atoms with E-state index in [1.807, 2.05) is 20.9 Å². The number of methoxy groups -OCH3 is 2. The van der Waals surface area contributed by atoms with Crippen LogP contribution in [0.3, 0.4) is 0 Å². The lowest BCUT2D eigenvalue weighted by molar-refractivity contribution is 0.0949. The van der Waals surface area contributed by atoms with Crippen LogP contribution >= 0.6 is 12.4 Å². The van der Waals surface area contributed by atoms with E-state index in [9.17, 15) is 4.79 Å². The van der Waals surface area contributed by atoms with Crippen LogP contribution in [0, 0.1) is 6.92 Å². The van der Waals surface area contributed by atoms with E-state index in [4.69, 9.17) is 9.47 Å². The summed E-state index contributed by atoms with van der Waals surface area (Å²) in [5, 5.41) is 5.95. The van der Waals surface area contributed by atoms with Gasteiger partial charge in [-0.25, -0.2) is 0 Å². The summed E-state index contributed by atoms with van der Waals surface area (Å²) in [4.78, 5) is 12.1. The maximum Gasteiger partial charge on any atom is 0.251 e. The Kier molecular flexibility index (Phi) is 8.03. The molecule has 5 nitrogen and oxygen atoms in total. The van der Waals surface area contributed by atoms with E-state index in [1.54, 1.807) is 26.4 Å². The van der Waals surface area contributed by atoms with Gasteiger partial charge in [-0.15, -0.1) is 12.4 Å². The second-order valence-corrected chi connectivity index (χ2v) is 4.42. The number of hydrogen-bond donors (Lipinski definition) is 2. The zero-order chi connectivity index (χ0) is 14.4. The van der Waals surface area contributed by atoms with Crippen LogP contribution in [-0.2, 0) is 0 Å². The first-order chi connectivity index (χ1) is 9.03. The van der Waals surface area contributed by atoms with Gasteiger partial charge in [0.1, 0.15) is 0 Å². The van der Waals surface area contributed by atoms with Crippen molar-refractivity contribution in [3.8, 4) is 11.5 Å². The molecule has 0 saturated carbocycles. The summed E-state index contributed by atoms with van der Waals surface area (Å²) < 4.78 is 10.4. The van der Waals surface area contributed by atoms with Crippen molar-refractivity contribution in [3.63, 3.8) is 0 Å². The lowest BCUT2D eigenvalue weighted by Gasteiger charge is -2.14. The van der Waals surface area contributed by atoms with Gasteiger partial charge in [-0.3, -0.25) is 4.79 Å². The first kappa shape index (κ1) is 18.5. The van der Waals surface area contributed by atoms with E-state index in [2.05, 4.69) is 10.6 Å². The monoisotopic (exact) mass is 302 g/mol. The Morgan fingerprint density at radius 3 is 2.30 bits per heavy atom. The van der Waals surface area contributed by atoms with E-state index >= 15 is 0 Å². The van der Waals surface area contributed by atoms with Crippen molar-refractivity contribution in [2.24, 2.45) is 0 Å². The molecule has 1 aromatic carbocycles. The van der Waals surface area contributed by atoms with Crippen LogP contribution in [0.2, 0.25) is 0 Å². The third-order valence-electron chi connectivity index (χ3n) is 3.04. The lowest BCUT2D eigenvalue weighted by atomic mass is 10.1. The predicted molar refractivity (Wildman–Crippen MR) is 82.4 cm³/mol. The average Bonchev–Trinajstić information content (AvgIpc) is 2.43. The van der Waals surface area contributed by atoms with Crippen LogP contribution in [0.15, 0.2) is 12.1 Å². The molecule has 20 heavy (non-hydrogen) atoms. The number of hydrogen-bond acceptors (Lipinski definition) is 4. The molecule has 0 heterocycles. The molecule has 2 N–H and O–H groups in total. The lowest BCUT2D eigenvalue weighted by Crippen LogP contribution is -2.37. The fourth-order valence-electron chi connectivity index (χ4n) is 1.67. The van der Waals surface area contributed by atoms with Crippen LogP contribution < -0.4 is 20.1 Å². The summed E-state index contributed by atoms with van der Waals surface area (Å²) in [6.07, 6.45) is 0. The van der Waals surface area contributed by atoms with Gasteiger partial charge in [0.15, 0.2) is 11.5 Å². The molecule has 0 fully saturated rings. The molecule has 0 aliphatic rings. The van der Waals surface area contributed by atoms with Gasteiger partial charge in [-0.2, -0.15) is 0 Å². The van der Waals surface area contributed by atoms with E-state index in [0.29, 0.717) is 23.6 Å². The van der Waals surface area contributed by atoms with Gasteiger partial charge >= 0.3 is 0 Å². The van der Waals surface area contributed by atoms with Crippen LogP contribution in [0.25, 0.3) is 0 Å². The number of likely N-dealkylation sites (N-methyl/N-ethyl adjacent to an activating group) is 1. The van der Waals surface area contributed by atoms with Crippen molar-refractivity contribution in [2.75, 3.05) is 27.8 Å². The Morgan fingerprint density at radius 2 is 1.80 bits per heavy atom. The molecule has 0 spiro atoms. The molecule has 6 heteroatoms. The van der Waals surface area contributed by atoms with Crippen molar-refractivity contribution in [2.45, 2.75) is 19.9 Å². The van der Waals surface area contributed by atoms with E-state index in [-0.39, 0.29) is 24.4 Å². The van der Waals surface area contributed by atoms with Gasteiger partial charge in [0.05, 0.1) is 14.2 Å². The van der Waals surface area contributed by atoms with Gasteiger partial charge in [-0.05, 0) is 38.6 Å². The Hall–Kier alpha value is -1.46. The van der Waals surface area contributed by atoms with Crippen LogP contribution in [0.5, 0.6) is 11.5 Å². The summed E-state index contributed by atoms with van der Waals surface area (Å²) in [6, 6.07) is 3.73. The quantitative estimate of drug-likeness (QED) is 0.841. The highest BCUT2D eigenvalue weighted by atomic mass is 35.5. The maximum absolute atomic E-state index is 12.1. The van der Waals surface area contributed by atoms with Gasteiger partial charge in [0.2, 0.25) is 0 Å². The van der Waals surface area contributed by atoms with Gasteiger partial charge in [0.25, 0.3) is 5.91 Å². The fourth-order valence-corrected chi connectivity index (χ4v) is 1.67. The number of halogens is 1. The summed E-state index contributed by atoms with van der Waals surface area (Å²) in [5.74, 6) is 1.07. The van der Waals surface area contributed by atoms with Crippen molar-refractivity contribution >= 4 is 18.3 Å². The van der Waals surface area contributed by atoms with Crippen molar-refractivity contribution in [3.05, 3.63) is 23.3 Å². The predicted octanol–water partition coefficient (Wildman–Crippen LogP) is 1.77. The minimum absolute atomic E-state index is 0. The molecule has 0 aromatic heterocycles. The Balaban J connectivity index is 0.00000361. The minimum Gasteiger partial charge on any atom is -0.493 e. The first-order valence-corrected chi connectivity index (χ1v) is 6.21. The number of nitrogens with one attached hydrogen (secondary N) is 2. The summed E-state index contributed by atoms with van der Waals surface area (Å²) >= 11 is 0. The van der Waals surface area contributed by atoms with E-state index < -0.39 is 0 Å². The number of rotatable bonds is 6. The summed E-state index contributed by atoms with van der Waals surface area (Å²) in [5.41, 5.74) is 1.45. The topological polar surface area (TPSA) is 59.6 Å². The standard InChI is InChI=1S/C14H22N2O3.ClH/c1-9-6-12(18-4)13(19-5)7-11(9)14(17)16-8-10(2)15-3;/h6-7,10,15H,8H2,1-5H3,(H,16,17);1H. The fraction of sp³-hybridized carbons (Fsp3) is 0.500. The maximum atomic E-state index is 12.1. The zero-order valence-electron chi connectivity index (χ0n) is 12.6. The molecule has 0 bridgehead atoms. The molecule has 0 saturated heterocycles. The minimum atomic E-state index is -0.111. The molecule has 1 aromatic rings. The molecular formula is C14H23ClN2O3. The number of amides is 1. The van der Waals surface area contributed by atoms with Crippen molar-refractivity contribution < 1.29 is 14.3 Å². The second kappa shape index (κ2) is 8.66. The molecule has 0 aliphatic heterocycles. The molecule has 1 rings (SSSR count). The Morgan fingerprint density at radius 1 is 1.25 bits per heavy atom. The third-order valence-corrected chi connectivity index (χ3v) is 3.04. The Labute approximate surface area is 126 Å². The SMILES string of the molecule is CNC(C)CNC(=O)c1cc(OC)c(OC)cc1C.Cl. The summed E-state index contributed by atoms with van der Waals surface area (Å²) in [6.45, 7) is 4.45. The van der Waals surface area contributed by atoms with Crippen LogP contribution in [-0.4, -0.2) is 39.8 Å². The molecular weight excluding hydrogens is 280 g/mol. The second-order valence-electron chi connectivity index (χ2n) is 4.42. The highest BCUT2D eigenvalue weighted by molar-refractivity contribution is 5.96. The average molecular weight is 303 g/mol. The summed E-state index contributed by atoms with van der Waals surface area (Å²) in [7, 11) is 4.99. The third kappa shape index (κ3) is 4.58. The molecule has 1 amide bonds. The number of carbonyl (C=O) groups is 1. The molecule has 1 atom stereocenters. The highest BCUT2D eigenvalue weighted by Gasteiger charge is 2.14. The number of benzene rings is 1. The van der Waals surface area contributed by atoms with Gasteiger partial charge in [-0.1, -0.05) is 0 Å². The largest absolute Gasteiger partial charge is 0.493 e. The first-order valence-electron chi connectivity index (χ1n) is 6.21. The zero-order valence-corrected chi connectivity index (χ0v) is 13.4. The molecule has 1 unspecified atom stereocenters. The van der Waals surface area contributed by atoms with E-state index in [0.717, 1.165) is 5.56 Å². The number of carbonyl (C=O) groups excluding carboxylic acids is 1. The smallest absolute Gasteiger partial charge is 0.251 e. The number of aryl methyl sites for hydroxylation is 1. The normalized spacial score (nSPS) is 11.2. The molecule has 0 radical (unpaired) electrons. The Bertz CT molecular complexity index is 452. The van der Waals surface area contributed by atoms with Gasteiger partial charge < -0.3 is 20.1 Å². The van der Waals surface area contributed by atoms with E-state index in [1.165, 1.54) is 0 Å². The van der Waals surface area contributed by atoms with Crippen LogP contribution in [0.1, 0.15) is 22.8 Å². The van der Waals surface area contributed by atoms with Crippen molar-refractivity contribution in [1.29, 1.82) is 0 Å². The molecule has 0 aliphatic carbocycles. The van der Waals surface area contributed by atoms with Gasteiger partial charge in [0, 0.05) is 18.2 Å².